The average Bonchev–Trinajstić information content (AvgIpc) is 3.82. The van der Waals surface area contributed by atoms with E-state index in [-0.39, 0.29) is 0 Å². The second-order valence-electron chi connectivity index (χ2n) is 14.1. The van der Waals surface area contributed by atoms with Crippen molar-refractivity contribution in [1.29, 1.82) is 0 Å². The highest BCUT2D eigenvalue weighted by atomic mass is 16.3. The van der Waals surface area contributed by atoms with Crippen LogP contribution in [-0.4, -0.2) is 0 Å². The van der Waals surface area contributed by atoms with Gasteiger partial charge >= 0.3 is 0 Å². The van der Waals surface area contributed by atoms with Crippen molar-refractivity contribution in [3.63, 3.8) is 0 Å². The predicted molar refractivity (Wildman–Crippen MR) is 229 cm³/mol. The summed E-state index contributed by atoms with van der Waals surface area (Å²) >= 11 is 0. The molecule has 258 valence electrons. The Morgan fingerprint density at radius 3 is 1.75 bits per heavy atom. The fourth-order valence-corrected chi connectivity index (χ4v) is 8.14. The lowest BCUT2D eigenvalue weighted by Crippen LogP contribution is -2.11. The van der Waals surface area contributed by atoms with Crippen molar-refractivity contribution >= 4 is 71.7 Å². The van der Waals surface area contributed by atoms with Gasteiger partial charge in [-0.05, 0) is 111 Å². The topological polar surface area (TPSA) is 29.5 Å². The third kappa shape index (κ3) is 5.36. The summed E-state index contributed by atoms with van der Waals surface area (Å²) in [5, 5.41) is 6.96. The van der Waals surface area contributed by atoms with Gasteiger partial charge in [0.15, 0.2) is 0 Å². The third-order valence-electron chi connectivity index (χ3n) is 10.9. The van der Waals surface area contributed by atoms with Crippen LogP contribution >= 0.6 is 0 Å². The highest BCUT2D eigenvalue weighted by molar-refractivity contribution is 6.07. The second kappa shape index (κ2) is 12.6. The summed E-state index contributed by atoms with van der Waals surface area (Å²) in [7, 11) is 0. The lowest BCUT2D eigenvalue weighted by molar-refractivity contribution is 0.668. The molecule has 0 saturated heterocycles. The molecule has 0 radical (unpaired) electrons. The molecule has 0 amide bonds. The maximum absolute atomic E-state index is 6.25. The third-order valence-corrected chi connectivity index (χ3v) is 10.9. The van der Waals surface area contributed by atoms with Crippen molar-refractivity contribution in [2.45, 2.75) is 0 Å². The van der Waals surface area contributed by atoms with Crippen LogP contribution in [0.15, 0.2) is 209 Å². The summed E-state index contributed by atoms with van der Waals surface area (Å²) < 4.78 is 12.5. The van der Waals surface area contributed by atoms with E-state index in [2.05, 4.69) is 181 Å². The van der Waals surface area contributed by atoms with Crippen LogP contribution < -0.4 is 4.90 Å². The number of para-hydroxylation sites is 3. The SMILES string of the molecule is c1cc(-c2ccc3ccccc3c2)cc(N(c2ccc(-c3ccc4c(c3)oc3ccccc34)cc2)c2ccccc2-c2ccc3oc4ccccc4c3c2)c1. The molecule has 0 fully saturated rings. The van der Waals surface area contributed by atoms with Gasteiger partial charge in [0.05, 0.1) is 5.69 Å². The van der Waals surface area contributed by atoms with Crippen LogP contribution in [0.2, 0.25) is 0 Å². The van der Waals surface area contributed by atoms with Crippen molar-refractivity contribution in [3.05, 3.63) is 200 Å². The quantitative estimate of drug-likeness (QED) is 0.173. The first-order chi connectivity index (χ1) is 27.2. The summed E-state index contributed by atoms with van der Waals surface area (Å²) in [6.07, 6.45) is 0. The Bertz CT molecular complexity index is 3220. The van der Waals surface area contributed by atoms with E-state index in [1.165, 1.54) is 16.3 Å². The molecule has 11 rings (SSSR count). The molecular weight excluding hydrogens is 671 g/mol. The van der Waals surface area contributed by atoms with E-state index in [0.717, 1.165) is 88.8 Å². The minimum atomic E-state index is 0.888. The van der Waals surface area contributed by atoms with Gasteiger partial charge in [0.2, 0.25) is 0 Å². The number of furan rings is 2. The van der Waals surface area contributed by atoms with Gasteiger partial charge < -0.3 is 13.7 Å². The van der Waals surface area contributed by atoms with Crippen molar-refractivity contribution in [2.75, 3.05) is 4.90 Å². The zero-order valence-electron chi connectivity index (χ0n) is 29.8. The van der Waals surface area contributed by atoms with Crippen molar-refractivity contribution < 1.29 is 8.83 Å². The first-order valence-corrected chi connectivity index (χ1v) is 18.7. The van der Waals surface area contributed by atoms with Crippen LogP contribution in [0.4, 0.5) is 17.1 Å². The van der Waals surface area contributed by atoms with Crippen LogP contribution in [0.1, 0.15) is 0 Å². The molecule has 3 heteroatoms. The zero-order valence-corrected chi connectivity index (χ0v) is 29.8. The van der Waals surface area contributed by atoms with Crippen LogP contribution in [0.5, 0.6) is 0 Å². The van der Waals surface area contributed by atoms with Crippen LogP contribution in [0.3, 0.4) is 0 Å². The predicted octanol–water partition coefficient (Wildman–Crippen LogP) is 15.1. The first kappa shape index (κ1) is 31.2. The molecule has 0 bridgehead atoms. The minimum Gasteiger partial charge on any atom is -0.456 e. The Hall–Kier alpha value is -7.36. The molecule has 9 aromatic carbocycles. The first-order valence-electron chi connectivity index (χ1n) is 18.7. The molecular formula is C52H33NO2. The lowest BCUT2D eigenvalue weighted by Gasteiger charge is -2.28. The van der Waals surface area contributed by atoms with E-state index >= 15 is 0 Å². The van der Waals surface area contributed by atoms with Crippen molar-refractivity contribution in [2.24, 2.45) is 0 Å². The van der Waals surface area contributed by atoms with Gasteiger partial charge in [0.1, 0.15) is 22.3 Å². The molecule has 2 heterocycles. The number of rotatable bonds is 6. The van der Waals surface area contributed by atoms with E-state index in [4.69, 9.17) is 8.83 Å². The number of anilines is 3. The number of hydrogen-bond acceptors (Lipinski definition) is 3. The second-order valence-corrected chi connectivity index (χ2v) is 14.1. The summed E-state index contributed by atoms with van der Waals surface area (Å²) in [4.78, 5) is 2.38. The fourth-order valence-electron chi connectivity index (χ4n) is 8.14. The molecule has 0 aliphatic rings. The maximum Gasteiger partial charge on any atom is 0.136 e. The Morgan fingerprint density at radius 2 is 0.891 bits per heavy atom. The van der Waals surface area contributed by atoms with Gasteiger partial charge in [0.25, 0.3) is 0 Å². The Kier molecular flexibility index (Phi) is 7.17. The molecule has 3 nitrogen and oxygen atoms in total. The standard InChI is InChI=1S/C52H33NO2/c1-2-11-36-30-38(21-20-34(36)10-1)37-12-9-13-42(31-37)53(41-26-22-35(23-27-41)39-24-28-46-44-15-4-7-18-49(44)55-52(46)33-39)48-17-6-3-14-43(48)40-25-29-51-47(32-40)45-16-5-8-19-50(45)54-51/h1-33H. The molecule has 0 saturated carbocycles. The van der Waals surface area contributed by atoms with E-state index in [1.807, 2.05) is 24.3 Å². The molecule has 0 aliphatic carbocycles. The summed E-state index contributed by atoms with van der Waals surface area (Å²) in [6.45, 7) is 0. The van der Waals surface area contributed by atoms with Crippen LogP contribution in [-0.2, 0) is 0 Å². The maximum atomic E-state index is 6.25. The fraction of sp³-hybridized carbons (Fsp3) is 0. The zero-order chi connectivity index (χ0) is 36.3. The smallest absolute Gasteiger partial charge is 0.136 e. The molecule has 2 aromatic heterocycles. The largest absolute Gasteiger partial charge is 0.456 e. The number of hydrogen-bond donors (Lipinski definition) is 0. The van der Waals surface area contributed by atoms with Gasteiger partial charge in [-0.3, -0.25) is 0 Å². The molecule has 0 N–H and O–H groups in total. The normalized spacial score (nSPS) is 11.6. The molecule has 11 aromatic rings. The Labute approximate surface area is 317 Å². The number of fused-ring (bicyclic) bond motifs is 7. The Balaban J connectivity index is 1.05. The highest BCUT2D eigenvalue weighted by Crippen LogP contribution is 2.44. The summed E-state index contributed by atoms with van der Waals surface area (Å²) in [6, 6.07) is 71.2. The molecule has 0 spiro atoms. The van der Waals surface area contributed by atoms with Crippen molar-refractivity contribution in [3.8, 4) is 33.4 Å². The lowest BCUT2D eigenvalue weighted by atomic mass is 9.98. The van der Waals surface area contributed by atoms with Gasteiger partial charge in [-0.2, -0.15) is 0 Å². The van der Waals surface area contributed by atoms with Gasteiger partial charge in [-0.15, -0.1) is 0 Å². The van der Waals surface area contributed by atoms with E-state index in [1.54, 1.807) is 0 Å². The van der Waals surface area contributed by atoms with E-state index in [9.17, 15) is 0 Å². The molecule has 0 unspecified atom stereocenters. The van der Waals surface area contributed by atoms with Crippen LogP contribution in [0.25, 0.3) is 88.0 Å². The monoisotopic (exact) mass is 703 g/mol. The van der Waals surface area contributed by atoms with Crippen LogP contribution in [0, 0.1) is 0 Å². The van der Waals surface area contributed by atoms with Gasteiger partial charge in [0, 0.05) is 38.5 Å². The number of benzene rings is 9. The summed E-state index contributed by atoms with van der Waals surface area (Å²) in [5.74, 6) is 0. The van der Waals surface area contributed by atoms with Gasteiger partial charge in [-0.1, -0.05) is 127 Å². The molecule has 0 aliphatic heterocycles. The minimum absolute atomic E-state index is 0.888. The van der Waals surface area contributed by atoms with E-state index < -0.39 is 0 Å². The molecule has 0 atom stereocenters. The number of nitrogens with zero attached hydrogens (tertiary/aromatic N) is 1. The molecule has 55 heavy (non-hydrogen) atoms. The van der Waals surface area contributed by atoms with Gasteiger partial charge in [-0.25, -0.2) is 0 Å². The summed E-state index contributed by atoms with van der Waals surface area (Å²) in [5.41, 5.74) is 13.6. The highest BCUT2D eigenvalue weighted by Gasteiger charge is 2.19. The Morgan fingerprint density at radius 1 is 0.291 bits per heavy atom. The van der Waals surface area contributed by atoms with Crippen molar-refractivity contribution in [1.82, 2.24) is 0 Å². The average molecular weight is 704 g/mol. The van der Waals surface area contributed by atoms with E-state index in [0.29, 0.717) is 0 Å².